The van der Waals surface area contributed by atoms with E-state index in [9.17, 15) is 9.18 Å². The highest BCUT2D eigenvalue weighted by molar-refractivity contribution is 14.0. The van der Waals surface area contributed by atoms with E-state index in [4.69, 9.17) is 9.47 Å². The number of fused-ring (bicyclic) bond motifs is 1. The Kier molecular flexibility index (Phi) is 10.7. The summed E-state index contributed by atoms with van der Waals surface area (Å²) in [4.78, 5) is 19.0. The molecule has 1 amide bonds. The van der Waals surface area contributed by atoms with E-state index >= 15 is 0 Å². The first-order valence-electron chi connectivity index (χ1n) is 10.8. The van der Waals surface area contributed by atoms with Crippen LogP contribution in [-0.4, -0.2) is 57.2 Å². The Bertz CT molecular complexity index is 971. The van der Waals surface area contributed by atoms with Crippen LogP contribution in [0.3, 0.4) is 0 Å². The number of guanidine groups is 1. The van der Waals surface area contributed by atoms with E-state index < -0.39 is 0 Å². The summed E-state index contributed by atoms with van der Waals surface area (Å²) in [5.74, 6) is 1.79. The van der Waals surface area contributed by atoms with Crippen LogP contribution in [0.1, 0.15) is 23.6 Å². The molecular weight excluding hydrogens is 538 g/mol. The molecule has 1 heterocycles. The van der Waals surface area contributed by atoms with Crippen molar-refractivity contribution in [2.45, 2.75) is 26.3 Å². The molecule has 0 saturated carbocycles. The van der Waals surface area contributed by atoms with E-state index in [1.165, 1.54) is 23.3 Å². The highest BCUT2D eigenvalue weighted by Crippen LogP contribution is 2.33. The minimum Gasteiger partial charge on any atom is -0.493 e. The minimum atomic E-state index is -0.339. The van der Waals surface area contributed by atoms with Gasteiger partial charge < -0.3 is 25.0 Å². The molecule has 33 heavy (non-hydrogen) atoms. The number of benzene rings is 2. The molecule has 0 spiro atoms. The van der Waals surface area contributed by atoms with Gasteiger partial charge in [0, 0.05) is 26.2 Å². The molecule has 0 atom stereocenters. The van der Waals surface area contributed by atoms with Gasteiger partial charge >= 0.3 is 0 Å². The van der Waals surface area contributed by atoms with Crippen LogP contribution in [-0.2, 0) is 24.2 Å². The third kappa shape index (κ3) is 7.48. The normalized spacial score (nSPS) is 13.0. The first kappa shape index (κ1) is 26.7. The first-order valence-corrected chi connectivity index (χ1v) is 10.8. The molecule has 7 nitrogen and oxygen atoms in total. The number of rotatable bonds is 8. The van der Waals surface area contributed by atoms with E-state index in [-0.39, 0.29) is 42.1 Å². The predicted octanol–water partition coefficient (Wildman–Crippen LogP) is 3.14. The summed E-state index contributed by atoms with van der Waals surface area (Å²) in [7, 11) is 3.28. The number of hydrogen-bond donors (Lipinski definition) is 2. The zero-order chi connectivity index (χ0) is 22.9. The van der Waals surface area contributed by atoms with Gasteiger partial charge in [0.2, 0.25) is 5.91 Å². The van der Waals surface area contributed by atoms with Crippen LogP contribution in [0.5, 0.6) is 11.5 Å². The molecule has 0 radical (unpaired) electrons. The Morgan fingerprint density at radius 3 is 2.52 bits per heavy atom. The molecule has 1 aliphatic rings. The monoisotopic (exact) mass is 570 g/mol. The average Bonchev–Trinajstić information content (AvgIpc) is 2.79. The van der Waals surface area contributed by atoms with Gasteiger partial charge in [-0.2, -0.15) is 0 Å². The summed E-state index contributed by atoms with van der Waals surface area (Å²) >= 11 is 0. The lowest BCUT2D eigenvalue weighted by Crippen LogP contribution is -2.44. The maximum Gasteiger partial charge on any atom is 0.224 e. The highest BCUT2D eigenvalue weighted by atomic mass is 127. The second-order valence-corrected chi connectivity index (χ2v) is 7.54. The van der Waals surface area contributed by atoms with E-state index in [1.807, 2.05) is 19.1 Å². The summed E-state index contributed by atoms with van der Waals surface area (Å²) < 4.78 is 24.1. The fourth-order valence-electron chi connectivity index (χ4n) is 3.74. The third-order valence-corrected chi connectivity index (χ3v) is 5.30. The molecule has 1 aliphatic heterocycles. The van der Waals surface area contributed by atoms with E-state index in [2.05, 4.69) is 20.5 Å². The summed E-state index contributed by atoms with van der Waals surface area (Å²) in [6, 6.07) is 10.2. The van der Waals surface area contributed by atoms with Gasteiger partial charge in [-0.15, -0.1) is 24.0 Å². The number of hydrogen-bond acceptors (Lipinski definition) is 4. The van der Waals surface area contributed by atoms with Gasteiger partial charge in [-0.25, -0.2) is 4.39 Å². The maximum absolute atomic E-state index is 13.3. The largest absolute Gasteiger partial charge is 0.493 e. The van der Waals surface area contributed by atoms with Gasteiger partial charge in [0.25, 0.3) is 0 Å². The van der Waals surface area contributed by atoms with Gasteiger partial charge in [-0.05, 0) is 54.3 Å². The summed E-state index contributed by atoms with van der Waals surface area (Å²) in [6.07, 6.45) is 1.03. The molecule has 0 aliphatic carbocycles. The van der Waals surface area contributed by atoms with Crippen molar-refractivity contribution in [3.63, 3.8) is 0 Å². The lowest BCUT2D eigenvalue weighted by atomic mass is 9.99. The molecule has 0 saturated heterocycles. The van der Waals surface area contributed by atoms with Gasteiger partial charge in [0.05, 0.1) is 27.2 Å². The smallest absolute Gasteiger partial charge is 0.224 e. The van der Waals surface area contributed by atoms with Crippen LogP contribution in [0.2, 0.25) is 0 Å². The number of carbonyl (C=O) groups excluding carboxylic acids is 1. The lowest BCUT2D eigenvalue weighted by Gasteiger charge is -2.32. The topological polar surface area (TPSA) is 75.2 Å². The second-order valence-electron chi connectivity index (χ2n) is 7.54. The number of methoxy groups -OCH3 is 2. The van der Waals surface area contributed by atoms with Crippen molar-refractivity contribution in [1.82, 2.24) is 15.5 Å². The fourth-order valence-corrected chi connectivity index (χ4v) is 3.74. The Hall–Kier alpha value is -2.56. The number of nitrogens with zero attached hydrogens (tertiary/aromatic N) is 2. The van der Waals surface area contributed by atoms with Crippen molar-refractivity contribution in [3.05, 3.63) is 58.9 Å². The quantitative estimate of drug-likeness (QED) is 0.221. The Morgan fingerprint density at radius 2 is 1.85 bits per heavy atom. The average molecular weight is 570 g/mol. The van der Waals surface area contributed by atoms with Crippen LogP contribution in [0.15, 0.2) is 41.4 Å². The summed E-state index contributed by atoms with van der Waals surface area (Å²) in [5.41, 5.74) is 3.08. The molecular formula is C24H32FIN4O3. The van der Waals surface area contributed by atoms with Crippen LogP contribution in [0.25, 0.3) is 0 Å². The summed E-state index contributed by atoms with van der Waals surface area (Å²) in [5, 5.41) is 6.18. The predicted molar refractivity (Wildman–Crippen MR) is 138 cm³/mol. The Morgan fingerprint density at radius 1 is 1.12 bits per heavy atom. The fraction of sp³-hybridized carbons (Fsp3) is 0.417. The van der Waals surface area contributed by atoms with E-state index in [0.29, 0.717) is 25.2 Å². The van der Waals surface area contributed by atoms with Gasteiger partial charge in [0.1, 0.15) is 5.82 Å². The lowest BCUT2D eigenvalue weighted by molar-refractivity contribution is -0.120. The van der Waals surface area contributed by atoms with Crippen LogP contribution >= 0.6 is 24.0 Å². The number of ether oxygens (including phenoxy) is 2. The van der Waals surface area contributed by atoms with Gasteiger partial charge in [0.15, 0.2) is 17.5 Å². The number of nitrogens with one attached hydrogen (secondary N) is 2. The van der Waals surface area contributed by atoms with Crippen molar-refractivity contribution in [2.24, 2.45) is 4.99 Å². The second kappa shape index (κ2) is 13.2. The molecule has 3 rings (SSSR count). The minimum absolute atomic E-state index is 0. The van der Waals surface area contributed by atoms with Gasteiger partial charge in [-0.3, -0.25) is 9.79 Å². The first-order chi connectivity index (χ1) is 15.5. The molecule has 2 aromatic carbocycles. The Balaban J connectivity index is 0.00000385. The van der Waals surface area contributed by atoms with Crippen molar-refractivity contribution in [3.8, 4) is 11.5 Å². The molecule has 9 heteroatoms. The number of aliphatic imine (C=N–C) groups is 1. The van der Waals surface area contributed by atoms with Crippen LogP contribution in [0.4, 0.5) is 4.39 Å². The third-order valence-electron chi connectivity index (χ3n) is 5.30. The zero-order valence-electron chi connectivity index (χ0n) is 19.3. The maximum atomic E-state index is 13.3. The van der Waals surface area contributed by atoms with Crippen molar-refractivity contribution in [2.75, 3.05) is 40.4 Å². The molecule has 0 unspecified atom stereocenters. The molecule has 0 fully saturated rings. The molecule has 2 aromatic rings. The van der Waals surface area contributed by atoms with Crippen molar-refractivity contribution in [1.29, 1.82) is 0 Å². The molecule has 2 N–H and O–H groups in total. The number of carbonyl (C=O) groups is 1. The standard InChI is InChI=1S/C24H31FN4O3.HI/c1-4-26-24(28-10-9-27-23(30)13-17-6-5-7-20(25)12-17)29-11-8-18-14-21(31-2)22(32-3)15-19(18)16-29;/h5-7,12,14-15H,4,8-11,13,16H2,1-3H3,(H,26,28)(H,27,30);1H. The highest BCUT2D eigenvalue weighted by Gasteiger charge is 2.21. The molecule has 180 valence electrons. The van der Waals surface area contributed by atoms with E-state index in [1.54, 1.807) is 26.4 Å². The van der Waals surface area contributed by atoms with Crippen molar-refractivity contribution < 1.29 is 18.7 Å². The number of amides is 1. The van der Waals surface area contributed by atoms with E-state index in [0.717, 1.165) is 37.0 Å². The van der Waals surface area contributed by atoms with Crippen LogP contribution < -0.4 is 20.1 Å². The Labute approximate surface area is 211 Å². The molecule has 0 aromatic heterocycles. The SMILES string of the molecule is CCNC(=NCCNC(=O)Cc1cccc(F)c1)N1CCc2cc(OC)c(OC)cc2C1.I. The number of halogens is 2. The summed E-state index contributed by atoms with van der Waals surface area (Å²) in [6.45, 7) is 5.20. The van der Waals surface area contributed by atoms with Gasteiger partial charge in [-0.1, -0.05) is 12.1 Å². The van der Waals surface area contributed by atoms with Crippen molar-refractivity contribution >= 4 is 35.8 Å². The zero-order valence-corrected chi connectivity index (χ0v) is 21.6. The van der Waals surface area contributed by atoms with Crippen LogP contribution in [0, 0.1) is 5.82 Å². The molecule has 0 bridgehead atoms.